The average molecular weight is 375 g/mol. The first kappa shape index (κ1) is 14.0. The molecule has 0 amide bonds. The second kappa shape index (κ2) is 5.85. The van der Waals surface area contributed by atoms with E-state index < -0.39 is 0 Å². The van der Waals surface area contributed by atoms with E-state index in [2.05, 4.69) is 54.7 Å². The fourth-order valence-electron chi connectivity index (χ4n) is 2.65. The van der Waals surface area contributed by atoms with Crippen LogP contribution in [0.3, 0.4) is 0 Å². The van der Waals surface area contributed by atoms with Gasteiger partial charge in [-0.15, -0.1) is 0 Å². The number of rotatable bonds is 4. The van der Waals surface area contributed by atoms with Crippen LogP contribution in [-0.2, 0) is 0 Å². The van der Waals surface area contributed by atoms with Crippen molar-refractivity contribution in [1.82, 2.24) is 9.97 Å². The van der Waals surface area contributed by atoms with Gasteiger partial charge >= 0.3 is 0 Å². The van der Waals surface area contributed by atoms with Crippen LogP contribution in [0.2, 0.25) is 0 Å². The number of hydrogen-bond donors (Lipinski definition) is 2. The quantitative estimate of drug-likeness (QED) is 0.705. The summed E-state index contributed by atoms with van der Waals surface area (Å²) in [6, 6.07) is 13.1. The number of fused-ring (bicyclic) bond motifs is 1. The third kappa shape index (κ3) is 2.80. The molecule has 4 nitrogen and oxygen atoms in total. The minimum atomic E-state index is 0.470. The fourth-order valence-corrected chi connectivity index (χ4v) is 3.96. The van der Waals surface area contributed by atoms with Crippen molar-refractivity contribution in [2.45, 2.75) is 24.9 Å². The van der Waals surface area contributed by atoms with Crippen molar-refractivity contribution in [3.63, 3.8) is 0 Å². The number of pyridine rings is 1. The third-order valence-electron chi connectivity index (χ3n) is 3.86. The minimum absolute atomic E-state index is 0.470. The third-order valence-corrected chi connectivity index (χ3v) is 5.47. The van der Waals surface area contributed by atoms with E-state index in [-0.39, 0.29) is 0 Å². The highest BCUT2D eigenvalue weighted by atomic mass is 79.9. The Hall–Kier alpha value is -1.66. The van der Waals surface area contributed by atoms with Crippen LogP contribution in [-0.4, -0.2) is 22.1 Å². The molecule has 22 heavy (non-hydrogen) atoms. The maximum Gasteiger partial charge on any atom is 0.184 e. The molecule has 0 bridgehead atoms. The molecular formula is C16H15BrN4S. The summed E-state index contributed by atoms with van der Waals surface area (Å²) in [5.41, 5.74) is 1.07. The summed E-state index contributed by atoms with van der Waals surface area (Å²) >= 11 is 5.24. The van der Waals surface area contributed by atoms with E-state index in [1.54, 1.807) is 11.3 Å². The van der Waals surface area contributed by atoms with Crippen LogP contribution in [0, 0.1) is 0 Å². The monoisotopic (exact) mass is 374 g/mol. The van der Waals surface area contributed by atoms with E-state index in [0.717, 1.165) is 33.8 Å². The molecule has 112 valence electrons. The number of thiazole rings is 1. The van der Waals surface area contributed by atoms with Gasteiger partial charge < -0.3 is 10.6 Å². The second-order valence-corrected chi connectivity index (χ2v) is 7.36. The first-order valence-corrected chi connectivity index (χ1v) is 8.88. The highest BCUT2D eigenvalue weighted by Gasteiger charge is 2.30. The standard InChI is InChI=1S/C16H15BrN4S/c17-12-4-3-7-18-15(12)19-10-8-11(9-10)20-16-21-13-5-1-2-6-14(13)22-16/h1-7,10-11H,8-9H2,(H,18,19)(H,20,21)/t10-,11-. The van der Waals surface area contributed by atoms with Crippen LogP contribution in [0.4, 0.5) is 10.9 Å². The predicted octanol–water partition coefficient (Wildman–Crippen LogP) is 4.51. The molecule has 0 spiro atoms. The van der Waals surface area contributed by atoms with Gasteiger partial charge in [0, 0.05) is 18.3 Å². The van der Waals surface area contributed by atoms with Crippen LogP contribution >= 0.6 is 27.3 Å². The molecule has 6 heteroatoms. The molecule has 0 aliphatic heterocycles. The lowest BCUT2D eigenvalue weighted by molar-refractivity contribution is 0.396. The molecule has 2 aromatic heterocycles. The van der Waals surface area contributed by atoms with Crippen LogP contribution in [0.1, 0.15) is 12.8 Å². The number of anilines is 2. The van der Waals surface area contributed by atoms with Crippen molar-refractivity contribution in [3.8, 4) is 0 Å². The number of aromatic nitrogens is 2. The lowest BCUT2D eigenvalue weighted by Crippen LogP contribution is -2.43. The molecule has 2 N–H and O–H groups in total. The molecule has 0 saturated heterocycles. The predicted molar refractivity (Wildman–Crippen MR) is 95.6 cm³/mol. The molecule has 1 saturated carbocycles. The summed E-state index contributed by atoms with van der Waals surface area (Å²) in [6.45, 7) is 0. The van der Waals surface area contributed by atoms with Crippen molar-refractivity contribution in [2.75, 3.05) is 10.6 Å². The van der Waals surface area contributed by atoms with Gasteiger partial charge in [0.25, 0.3) is 0 Å². The zero-order valence-corrected chi connectivity index (χ0v) is 14.2. The maximum atomic E-state index is 4.62. The molecule has 1 fully saturated rings. The normalized spacial score (nSPS) is 20.6. The van der Waals surface area contributed by atoms with E-state index in [1.807, 2.05) is 24.4 Å². The summed E-state index contributed by atoms with van der Waals surface area (Å²) in [4.78, 5) is 8.97. The number of hydrogen-bond acceptors (Lipinski definition) is 5. The second-order valence-electron chi connectivity index (χ2n) is 5.47. The molecule has 1 aliphatic carbocycles. The summed E-state index contributed by atoms with van der Waals surface area (Å²) in [5.74, 6) is 0.922. The van der Waals surface area contributed by atoms with Gasteiger partial charge in [0.05, 0.1) is 14.7 Å². The molecule has 1 aliphatic rings. The van der Waals surface area contributed by atoms with E-state index >= 15 is 0 Å². The summed E-state index contributed by atoms with van der Waals surface area (Å²) in [5, 5.41) is 8.02. The fraction of sp³-hybridized carbons (Fsp3) is 0.250. The number of para-hydroxylation sites is 1. The molecular weight excluding hydrogens is 360 g/mol. The summed E-state index contributed by atoms with van der Waals surface area (Å²) < 4.78 is 2.24. The van der Waals surface area contributed by atoms with Gasteiger partial charge in [-0.1, -0.05) is 23.5 Å². The number of nitrogens with one attached hydrogen (secondary N) is 2. The molecule has 0 radical (unpaired) electrons. The Bertz CT molecular complexity index is 764. The SMILES string of the molecule is Brc1cccnc1N[C@H]1C[C@H](Nc2nc3ccccc3s2)C1. The molecule has 0 atom stereocenters. The zero-order chi connectivity index (χ0) is 14.9. The van der Waals surface area contributed by atoms with E-state index in [0.29, 0.717) is 12.1 Å². The number of benzene rings is 1. The van der Waals surface area contributed by atoms with Crippen molar-refractivity contribution in [3.05, 3.63) is 47.1 Å². The molecule has 2 heterocycles. The Morgan fingerprint density at radius 2 is 1.86 bits per heavy atom. The summed E-state index contributed by atoms with van der Waals surface area (Å²) in [6.07, 6.45) is 3.97. The first-order valence-electron chi connectivity index (χ1n) is 7.27. The highest BCUT2D eigenvalue weighted by Crippen LogP contribution is 2.32. The number of nitrogens with zero attached hydrogens (tertiary/aromatic N) is 2. The van der Waals surface area contributed by atoms with Crippen LogP contribution < -0.4 is 10.6 Å². The van der Waals surface area contributed by atoms with Gasteiger partial charge in [-0.2, -0.15) is 0 Å². The van der Waals surface area contributed by atoms with Crippen molar-refractivity contribution in [1.29, 1.82) is 0 Å². The largest absolute Gasteiger partial charge is 0.366 e. The Morgan fingerprint density at radius 1 is 1.05 bits per heavy atom. The topological polar surface area (TPSA) is 49.8 Å². The first-order chi connectivity index (χ1) is 10.8. The van der Waals surface area contributed by atoms with Gasteiger partial charge in [0.15, 0.2) is 5.13 Å². The lowest BCUT2D eigenvalue weighted by atomic mass is 9.87. The Kier molecular flexibility index (Phi) is 3.72. The van der Waals surface area contributed by atoms with Gasteiger partial charge in [-0.05, 0) is 53.0 Å². The summed E-state index contributed by atoms with van der Waals surface area (Å²) in [7, 11) is 0. The van der Waals surface area contributed by atoms with Gasteiger partial charge in [0.2, 0.25) is 0 Å². The Labute approximate surface area is 141 Å². The maximum absolute atomic E-state index is 4.62. The van der Waals surface area contributed by atoms with Gasteiger partial charge in [0.1, 0.15) is 5.82 Å². The molecule has 3 aromatic rings. The Balaban J connectivity index is 1.35. The van der Waals surface area contributed by atoms with Crippen LogP contribution in [0.25, 0.3) is 10.2 Å². The molecule has 0 unspecified atom stereocenters. The number of halogens is 1. The van der Waals surface area contributed by atoms with Gasteiger partial charge in [-0.25, -0.2) is 9.97 Å². The van der Waals surface area contributed by atoms with Gasteiger partial charge in [-0.3, -0.25) is 0 Å². The van der Waals surface area contributed by atoms with E-state index in [4.69, 9.17) is 0 Å². The van der Waals surface area contributed by atoms with Crippen LogP contribution in [0.15, 0.2) is 47.1 Å². The van der Waals surface area contributed by atoms with Crippen molar-refractivity contribution in [2.24, 2.45) is 0 Å². The van der Waals surface area contributed by atoms with E-state index in [9.17, 15) is 0 Å². The minimum Gasteiger partial charge on any atom is -0.366 e. The Morgan fingerprint density at radius 3 is 2.68 bits per heavy atom. The highest BCUT2D eigenvalue weighted by molar-refractivity contribution is 9.10. The smallest absolute Gasteiger partial charge is 0.184 e. The van der Waals surface area contributed by atoms with Crippen LogP contribution in [0.5, 0.6) is 0 Å². The van der Waals surface area contributed by atoms with Crippen molar-refractivity contribution >= 4 is 48.4 Å². The lowest BCUT2D eigenvalue weighted by Gasteiger charge is -2.36. The van der Waals surface area contributed by atoms with Crippen molar-refractivity contribution < 1.29 is 0 Å². The molecule has 1 aromatic carbocycles. The molecule has 4 rings (SSSR count). The average Bonchev–Trinajstić information content (AvgIpc) is 2.89. The zero-order valence-electron chi connectivity index (χ0n) is 11.8. The van der Waals surface area contributed by atoms with E-state index in [1.165, 1.54) is 4.70 Å².